The SMILES string of the molecule is CC/C=C/c1cc(/C=C/CC)c(O)c(/C=C/CC)c1. The minimum Gasteiger partial charge on any atom is -0.507 e. The van der Waals surface area contributed by atoms with Gasteiger partial charge in [0.1, 0.15) is 5.75 Å². The largest absolute Gasteiger partial charge is 0.507 e. The van der Waals surface area contributed by atoms with Crippen molar-refractivity contribution in [3.8, 4) is 5.75 Å². The third kappa shape index (κ3) is 4.78. The molecule has 1 nitrogen and oxygen atoms in total. The van der Waals surface area contributed by atoms with Crippen LogP contribution < -0.4 is 0 Å². The summed E-state index contributed by atoms with van der Waals surface area (Å²) in [6, 6.07) is 4.05. The Morgan fingerprint density at radius 1 is 0.789 bits per heavy atom. The molecule has 0 aliphatic heterocycles. The molecule has 0 aliphatic carbocycles. The molecule has 1 N–H and O–H groups in total. The van der Waals surface area contributed by atoms with E-state index in [1.807, 2.05) is 24.3 Å². The third-order valence-corrected chi connectivity index (χ3v) is 2.80. The molecule has 1 heteroatoms. The highest BCUT2D eigenvalue weighted by Crippen LogP contribution is 2.28. The van der Waals surface area contributed by atoms with Crippen LogP contribution in [0.4, 0.5) is 0 Å². The molecule has 0 atom stereocenters. The number of hydrogen-bond acceptors (Lipinski definition) is 1. The maximum Gasteiger partial charge on any atom is 0.130 e. The Kier molecular flexibility index (Phi) is 6.73. The molecule has 1 aromatic carbocycles. The molecule has 0 heterocycles. The van der Waals surface area contributed by atoms with Crippen molar-refractivity contribution in [3.05, 3.63) is 47.1 Å². The van der Waals surface area contributed by atoms with Gasteiger partial charge in [-0.2, -0.15) is 0 Å². The highest BCUT2D eigenvalue weighted by Gasteiger charge is 2.04. The number of benzene rings is 1. The van der Waals surface area contributed by atoms with Crippen molar-refractivity contribution in [1.82, 2.24) is 0 Å². The molecule has 0 aromatic heterocycles. The van der Waals surface area contributed by atoms with Crippen LogP contribution in [-0.2, 0) is 0 Å². The van der Waals surface area contributed by atoms with Gasteiger partial charge in [-0.1, -0.05) is 57.2 Å². The molecule has 0 saturated heterocycles. The molecule has 0 unspecified atom stereocenters. The van der Waals surface area contributed by atoms with Gasteiger partial charge < -0.3 is 5.11 Å². The van der Waals surface area contributed by atoms with Crippen LogP contribution in [0.5, 0.6) is 5.75 Å². The number of aromatic hydroxyl groups is 1. The van der Waals surface area contributed by atoms with E-state index in [0.717, 1.165) is 36.0 Å². The fourth-order valence-corrected chi connectivity index (χ4v) is 1.80. The van der Waals surface area contributed by atoms with Crippen LogP contribution in [0.2, 0.25) is 0 Å². The van der Waals surface area contributed by atoms with Gasteiger partial charge >= 0.3 is 0 Å². The van der Waals surface area contributed by atoms with Gasteiger partial charge in [0.05, 0.1) is 0 Å². The van der Waals surface area contributed by atoms with Crippen LogP contribution >= 0.6 is 0 Å². The van der Waals surface area contributed by atoms with E-state index >= 15 is 0 Å². The van der Waals surface area contributed by atoms with Crippen molar-refractivity contribution >= 4 is 18.2 Å². The fraction of sp³-hybridized carbons (Fsp3) is 0.333. The lowest BCUT2D eigenvalue weighted by molar-refractivity contribution is 0.472. The summed E-state index contributed by atoms with van der Waals surface area (Å²) in [6.07, 6.45) is 15.3. The molecule has 0 saturated carbocycles. The van der Waals surface area contributed by atoms with Crippen molar-refractivity contribution in [2.45, 2.75) is 40.0 Å². The Labute approximate surface area is 117 Å². The van der Waals surface area contributed by atoms with Gasteiger partial charge in [0, 0.05) is 11.1 Å². The Morgan fingerprint density at radius 2 is 1.21 bits per heavy atom. The second kappa shape index (κ2) is 8.36. The molecule has 0 bridgehead atoms. The number of phenolic OH excluding ortho intramolecular Hbond substituents is 1. The van der Waals surface area contributed by atoms with E-state index < -0.39 is 0 Å². The maximum absolute atomic E-state index is 10.3. The first-order valence-corrected chi connectivity index (χ1v) is 7.09. The molecule has 102 valence electrons. The minimum absolute atomic E-state index is 0.364. The van der Waals surface area contributed by atoms with Crippen LogP contribution in [-0.4, -0.2) is 5.11 Å². The molecular formula is C18H24O. The Bertz CT molecular complexity index is 443. The van der Waals surface area contributed by atoms with Gasteiger partial charge in [0.2, 0.25) is 0 Å². The van der Waals surface area contributed by atoms with Crippen molar-refractivity contribution in [3.63, 3.8) is 0 Å². The normalized spacial score (nSPS) is 12.2. The molecule has 0 amide bonds. The van der Waals surface area contributed by atoms with Crippen LogP contribution in [0, 0.1) is 0 Å². The first-order valence-electron chi connectivity index (χ1n) is 7.09. The Hall–Kier alpha value is -1.76. The predicted octanol–water partition coefficient (Wildman–Crippen LogP) is 5.66. The van der Waals surface area contributed by atoms with Crippen LogP contribution in [0.15, 0.2) is 30.4 Å². The van der Waals surface area contributed by atoms with Crippen molar-refractivity contribution in [1.29, 1.82) is 0 Å². The zero-order valence-corrected chi connectivity index (χ0v) is 12.2. The van der Waals surface area contributed by atoms with E-state index in [0.29, 0.717) is 5.75 Å². The molecule has 0 spiro atoms. The van der Waals surface area contributed by atoms with Crippen molar-refractivity contribution in [2.24, 2.45) is 0 Å². The van der Waals surface area contributed by atoms with Crippen LogP contribution in [0.25, 0.3) is 18.2 Å². The van der Waals surface area contributed by atoms with E-state index in [-0.39, 0.29) is 0 Å². The number of rotatable bonds is 6. The fourth-order valence-electron chi connectivity index (χ4n) is 1.80. The summed E-state index contributed by atoms with van der Waals surface area (Å²) in [5, 5.41) is 10.3. The quantitative estimate of drug-likeness (QED) is 0.696. The van der Waals surface area contributed by atoms with Gasteiger partial charge in [0.15, 0.2) is 0 Å². The van der Waals surface area contributed by atoms with Crippen molar-refractivity contribution in [2.75, 3.05) is 0 Å². The molecule has 0 fully saturated rings. The van der Waals surface area contributed by atoms with E-state index in [9.17, 15) is 5.11 Å². The van der Waals surface area contributed by atoms with Crippen molar-refractivity contribution < 1.29 is 5.11 Å². The van der Waals surface area contributed by atoms with Gasteiger partial charge in [0.25, 0.3) is 0 Å². The van der Waals surface area contributed by atoms with Gasteiger partial charge in [-0.25, -0.2) is 0 Å². The highest BCUT2D eigenvalue weighted by molar-refractivity contribution is 5.71. The van der Waals surface area contributed by atoms with Gasteiger partial charge in [-0.05, 0) is 37.0 Å². The number of hydrogen-bond donors (Lipinski definition) is 1. The highest BCUT2D eigenvalue weighted by atomic mass is 16.3. The standard InChI is InChI=1S/C18H24O/c1-4-7-10-15-13-16(11-8-5-2)18(19)17(14-15)12-9-6-3/h7-14,19H,4-6H2,1-3H3/b10-7+,11-8+,12-9+. The summed E-state index contributed by atoms with van der Waals surface area (Å²) in [7, 11) is 0. The topological polar surface area (TPSA) is 20.2 Å². The zero-order chi connectivity index (χ0) is 14.1. The minimum atomic E-state index is 0.364. The Balaban J connectivity index is 3.24. The molecular weight excluding hydrogens is 232 g/mol. The lowest BCUT2D eigenvalue weighted by Crippen LogP contribution is -1.84. The maximum atomic E-state index is 10.3. The molecule has 0 aliphatic rings. The first-order chi connectivity index (χ1) is 9.22. The molecule has 1 rings (SSSR count). The zero-order valence-electron chi connectivity index (χ0n) is 12.2. The summed E-state index contributed by atoms with van der Waals surface area (Å²) in [4.78, 5) is 0. The summed E-state index contributed by atoms with van der Waals surface area (Å²) in [6.45, 7) is 6.30. The summed E-state index contributed by atoms with van der Waals surface area (Å²) in [5.74, 6) is 0.364. The summed E-state index contributed by atoms with van der Waals surface area (Å²) in [5.41, 5.74) is 2.90. The predicted molar refractivity (Wildman–Crippen MR) is 86.1 cm³/mol. The van der Waals surface area contributed by atoms with E-state index in [2.05, 4.69) is 45.1 Å². The lowest BCUT2D eigenvalue weighted by atomic mass is 10.0. The van der Waals surface area contributed by atoms with E-state index in [4.69, 9.17) is 0 Å². The molecule has 1 aromatic rings. The van der Waals surface area contributed by atoms with E-state index in [1.165, 1.54) is 0 Å². The average molecular weight is 256 g/mol. The van der Waals surface area contributed by atoms with Gasteiger partial charge in [-0.3, -0.25) is 0 Å². The average Bonchev–Trinajstić information content (AvgIpc) is 2.43. The smallest absolute Gasteiger partial charge is 0.130 e. The van der Waals surface area contributed by atoms with Crippen LogP contribution in [0.3, 0.4) is 0 Å². The number of allylic oxidation sites excluding steroid dienone is 3. The summed E-state index contributed by atoms with van der Waals surface area (Å²) < 4.78 is 0. The first kappa shape index (κ1) is 15.3. The monoisotopic (exact) mass is 256 g/mol. The summed E-state index contributed by atoms with van der Waals surface area (Å²) >= 11 is 0. The second-order valence-corrected chi connectivity index (χ2v) is 4.48. The van der Waals surface area contributed by atoms with Gasteiger partial charge in [-0.15, -0.1) is 0 Å². The third-order valence-electron chi connectivity index (χ3n) is 2.80. The second-order valence-electron chi connectivity index (χ2n) is 4.48. The van der Waals surface area contributed by atoms with E-state index in [1.54, 1.807) is 0 Å². The lowest BCUT2D eigenvalue weighted by Gasteiger charge is -2.06. The number of phenols is 1. The molecule has 19 heavy (non-hydrogen) atoms. The molecule has 0 radical (unpaired) electrons. The Morgan fingerprint density at radius 3 is 1.63 bits per heavy atom. The van der Waals surface area contributed by atoms with Crippen LogP contribution in [0.1, 0.15) is 56.7 Å².